The highest BCUT2D eigenvalue weighted by molar-refractivity contribution is 5.90. The number of rotatable bonds is 7. The van der Waals surface area contributed by atoms with E-state index in [1.54, 1.807) is 0 Å². The van der Waals surface area contributed by atoms with Crippen LogP contribution in [-0.2, 0) is 16.0 Å². The van der Waals surface area contributed by atoms with Crippen molar-refractivity contribution in [3.05, 3.63) is 48.2 Å². The van der Waals surface area contributed by atoms with Gasteiger partial charge in [0.05, 0.1) is 19.8 Å². The first-order valence-electron chi connectivity index (χ1n) is 9.05. The van der Waals surface area contributed by atoms with Crippen molar-refractivity contribution in [1.29, 1.82) is 0 Å². The average molecular weight is 355 g/mol. The van der Waals surface area contributed by atoms with Crippen LogP contribution in [-0.4, -0.2) is 43.8 Å². The zero-order valence-electron chi connectivity index (χ0n) is 15.1. The lowest BCUT2D eigenvalue weighted by atomic mass is 10.1. The SMILES string of the molecule is CCOc1ccc(NC(=O)CCc2ccnc(N3CCOCC3)c2)cc1. The third kappa shape index (κ3) is 5.20. The number of nitrogens with zero attached hydrogens (tertiary/aromatic N) is 2. The highest BCUT2D eigenvalue weighted by atomic mass is 16.5. The zero-order valence-corrected chi connectivity index (χ0v) is 15.1. The summed E-state index contributed by atoms with van der Waals surface area (Å²) in [7, 11) is 0. The molecule has 1 aromatic carbocycles. The van der Waals surface area contributed by atoms with Crippen LogP contribution in [0.15, 0.2) is 42.6 Å². The van der Waals surface area contributed by atoms with Crippen LogP contribution in [0.3, 0.4) is 0 Å². The normalized spacial score (nSPS) is 14.1. The Bertz CT molecular complexity index is 712. The molecular weight excluding hydrogens is 330 g/mol. The standard InChI is InChI=1S/C20H25N3O3/c1-2-26-18-6-4-17(5-7-18)22-20(24)8-3-16-9-10-21-19(15-16)23-11-13-25-14-12-23/h4-7,9-10,15H,2-3,8,11-14H2,1H3,(H,22,24). The Balaban J connectivity index is 1.51. The van der Waals surface area contributed by atoms with Gasteiger partial charge in [-0.1, -0.05) is 0 Å². The van der Waals surface area contributed by atoms with E-state index in [4.69, 9.17) is 9.47 Å². The molecule has 0 radical (unpaired) electrons. The molecular formula is C20H25N3O3. The van der Waals surface area contributed by atoms with E-state index in [0.717, 1.165) is 49.1 Å². The minimum absolute atomic E-state index is 0.00102. The van der Waals surface area contributed by atoms with Gasteiger partial charge >= 0.3 is 0 Å². The van der Waals surface area contributed by atoms with Gasteiger partial charge in [0.1, 0.15) is 11.6 Å². The second kappa shape index (κ2) is 9.20. The largest absolute Gasteiger partial charge is 0.494 e. The molecule has 1 N–H and O–H groups in total. The Labute approximate surface area is 154 Å². The van der Waals surface area contributed by atoms with Crippen LogP contribution in [0, 0.1) is 0 Å². The van der Waals surface area contributed by atoms with Crippen LogP contribution in [0.25, 0.3) is 0 Å². The van der Waals surface area contributed by atoms with Gasteiger partial charge in [0.25, 0.3) is 0 Å². The first kappa shape index (κ1) is 18.2. The van der Waals surface area contributed by atoms with Crippen molar-refractivity contribution in [3.63, 3.8) is 0 Å². The van der Waals surface area contributed by atoms with Crippen LogP contribution >= 0.6 is 0 Å². The molecule has 138 valence electrons. The number of hydrogen-bond donors (Lipinski definition) is 1. The van der Waals surface area contributed by atoms with Gasteiger partial charge in [0.2, 0.25) is 5.91 Å². The zero-order chi connectivity index (χ0) is 18.2. The Hall–Kier alpha value is -2.60. The molecule has 1 saturated heterocycles. The molecule has 1 aliphatic rings. The van der Waals surface area contributed by atoms with E-state index >= 15 is 0 Å². The van der Waals surface area contributed by atoms with Gasteiger partial charge in [-0.05, 0) is 55.3 Å². The number of nitrogens with one attached hydrogen (secondary N) is 1. The highest BCUT2D eigenvalue weighted by Crippen LogP contribution is 2.17. The lowest BCUT2D eigenvalue weighted by Gasteiger charge is -2.28. The van der Waals surface area contributed by atoms with Crippen LogP contribution in [0.2, 0.25) is 0 Å². The molecule has 0 atom stereocenters. The van der Waals surface area contributed by atoms with Gasteiger partial charge in [-0.25, -0.2) is 4.98 Å². The first-order chi connectivity index (χ1) is 12.7. The van der Waals surface area contributed by atoms with Crippen molar-refractivity contribution in [1.82, 2.24) is 4.98 Å². The number of carbonyl (C=O) groups is 1. The number of ether oxygens (including phenoxy) is 2. The Morgan fingerprint density at radius 3 is 2.73 bits per heavy atom. The second-order valence-electron chi connectivity index (χ2n) is 6.13. The summed E-state index contributed by atoms with van der Waals surface area (Å²) >= 11 is 0. The van der Waals surface area contributed by atoms with Crippen LogP contribution in [0.1, 0.15) is 18.9 Å². The summed E-state index contributed by atoms with van der Waals surface area (Å²) in [6.07, 6.45) is 2.92. The maximum atomic E-state index is 12.2. The average Bonchev–Trinajstić information content (AvgIpc) is 2.69. The van der Waals surface area contributed by atoms with E-state index < -0.39 is 0 Å². The van der Waals surface area contributed by atoms with E-state index in [0.29, 0.717) is 19.4 Å². The minimum atomic E-state index is -0.00102. The fraction of sp³-hybridized carbons (Fsp3) is 0.400. The van der Waals surface area contributed by atoms with Gasteiger partial charge < -0.3 is 19.7 Å². The quantitative estimate of drug-likeness (QED) is 0.827. The second-order valence-corrected chi connectivity index (χ2v) is 6.13. The topological polar surface area (TPSA) is 63.7 Å². The lowest BCUT2D eigenvalue weighted by Crippen LogP contribution is -2.36. The summed E-state index contributed by atoms with van der Waals surface area (Å²) in [6.45, 7) is 5.75. The fourth-order valence-corrected chi connectivity index (χ4v) is 2.86. The van der Waals surface area contributed by atoms with Crippen LogP contribution in [0.5, 0.6) is 5.75 Å². The Kier molecular flexibility index (Phi) is 6.44. The third-order valence-electron chi connectivity index (χ3n) is 4.23. The minimum Gasteiger partial charge on any atom is -0.494 e. The van der Waals surface area contributed by atoms with Gasteiger partial charge in [0, 0.05) is 31.4 Å². The number of anilines is 2. The van der Waals surface area contributed by atoms with E-state index in [1.807, 2.05) is 43.5 Å². The van der Waals surface area contributed by atoms with E-state index in [2.05, 4.69) is 21.3 Å². The molecule has 6 heteroatoms. The van der Waals surface area contributed by atoms with Crippen molar-refractivity contribution < 1.29 is 14.3 Å². The highest BCUT2D eigenvalue weighted by Gasteiger charge is 2.13. The summed E-state index contributed by atoms with van der Waals surface area (Å²) < 4.78 is 10.8. The lowest BCUT2D eigenvalue weighted by molar-refractivity contribution is -0.116. The number of carbonyl (C=O) groups excluding carboxylic acids is 1. The molecule has 0 aliphatic carbocycles. The summed E-state index contributed by atoms with van der Waals surface area (Å²) in [4.78, 5) is 18.9. The van der Waals surface area contributed by atoms with Crippen molar-refractivity contribution in [2.75, 3.05) is 43.1 Å². The molecule has 1 fully saturated rings. The van der Waals surface area contributed by atoms with Gasteiger partial charge in [-0.3, -0.25) is 4.79 Å². The molecule has 26 heavy (non-hydrogen) atoms. The molecule has 2 aromatic rings. The molecule has 0 saturated carbocycles. The predicted molar refractivity (Wildman–Crippen MR) is 102 cm³/mol. The molecule has 2 heterocycles. The van der Waals surface area contributed by atoms with Gasteiger partial charge in [-0.15, -0.1) is 0 Å². The van der Waals surface area contributed by atoms with Gasteiger partial charge in [0.15, 0.2) is 0 Å². The number of aromatic nitrogens is 1. The fourth-order valence-electron chi connectivity index (χ4n) is 2.86. The van der Waals surface area contributed by atoms with Crippen LogP contribution in [0.4, 0.5) is 11.5 Å². The van der Waals surface area contributed by atoms with E-state index in [9.17, 15) is 4.79 Å². The number of hydrogen-bond acceptors (Lipinski definition) is 5. The van der Waals surface area contributed by atoms with Crippen molar-refractivity contribution in [2.45, 2.75) is 19.8 Å². The Morgan fingerprint density at radius 1 is 1.23 bits per heavy atom. The van der Waals surface area contributed by atoms with E-state index in [-0.39, 0.29) is 5.91 Å². The smallest absolute Gasteiger partial charge is 0.224 e. The molecule has 0 spiro atoms. The number of benzene rings is 1. The van der Waals surface area contributed by atoms with E-state index in [1.165, 1.54) is 0 Å². The molecule has 1 aromatic heterocycles. The maximum absolute atomic E-state index is 12.2. The van der Waals surface area contributed by atoms with Crippen molar-refractivity contribution in [2.24, 2.45) is 0 Å². The number of amides is 1. The molecule has 3 rings (SSSR count). The van der Waals surface area contributed by atoms with Crippen molar-refractivity contribution in [3.8, 4) is 5.75 Å². The first-order valence-corrected chi connectivity index (χ1v) is 9.05. The maximum Gasteiger partial charge on any atom is 0.224 e. The molecule has 0 unspecified atom stereocenters. The summed E-state index contributed by atoms with van der Waals surface area (Å²) in [5.74, 6) is 1.76. The third-order valence-corrected chi connectivity index (χ3v) is 4.23. The van der Waals surface area contributed by atoms with Crippen molar-refractivity contribution >= 4 is 17.4 Å². The summed E-state index contributed by atoms with van der Waals surface area (Å²) in [6, 6.07) is 11.5. The molecule has 6 nitrogen and oxygen atoms in total. The summed E-state index contributed by atoms with van der Waals surface area (Å²) in [5.41, 5.74) is 1.89. The molecule has 1 amide bonds. The number of pyridine rings is 1. The predicted octanol–water partition coefficient (Wildman–Crippen LogP) is 2.89. The monoisotopic (exact) mass is 355 g/mol. The number of morpholine rings is 1. The summed E-state index contributed by atoms with van der Waals surface area (Å²) in [5, 5.41) is 2.92. The number of aryl methyl sites for hydroxylation is 1. The Morgan fingerprint density at radius 2 is 2.00 bits per heavy atom. The molecule has 1 aliphatic heterocycles. The van der Waals surface area contributed by atoms with Crippen LogP contribution < -0.4 is 15.0 Å². The van der Waals surface area contributed by atoms with Gasteiger partial charge in [-0.2, -0.15) is 0 Å². The molecule has 0 bridgehead atoms.